The molecule has 1 saturated carbocycles. The number of Topliss-reactive ketones (excluding diaryl/α,β-unsaturated/α-hetero) is 1. The lowest BCUT2D eigenvalue weighted by Crippen LogP contribution is -2.30. The highest BCUT2D eigenvalue weighted by molar-refractivity contribution is 6.07. The predicted molar refractivity (Wildman–Crippen MR) is 65.8 cm³/mol. The molecule has 18 heavy (non-hydrogen) atoms. The molecule has 1 atom stereocenters. The molecule has 4 nitrogen and oxygen atoms in total. The number of benzene rings is 1. The molecule has 1 amide bonds. The zero-order chi connectivity index (χ0) is 12.7. The SMILES string of the molecule is COc1ccc2c(c1)C(=O)CC2C(=O)NC1CC1. The van der Waals surface area contributed by atoms with Crippen molar-refractivity contribution in [2.75, 3.05) is 7.11 Å². The highest BCUT2D eigenvalue weighted by Crippen LogP contribution is 2.36. The summed E-state index contributed by atoms with van der Waals surface area (Å²) in [6.45, 7) is 0. The maximum absolute atomic E-state index is 12.1. The number of hydrogen-bond acceptors (Lipinski definition) is 3. The van der Waals surface area contributed by atoms with Crippen LogP contribution in [0.15, 0.2) is 18.2 Å². The van der Waals surface area contributed by atoms with Crippen molar-refractivity contribution in [1.29, 1.82) is 0 Å². The summed E-state index contributed by atoms with van der Waals surface area (Å²) in [5.41, 5.74) is 1.46. The number of fused-ring (bicyclic) bond motifs is 1. The number of methoxy groups -OCH3 is 1. The monoisotopic (exact) mass is 245 g/mol. The van der Waals surface area contributed by atoms with Crippen molar-refractivity contribution in [1.82, 2.24) is 5.32 Å². The molecule has 1 fully saturated rings. The van der Waals surface area contributed by atoms with Crippen LogP contribution in [0.3, 0.4) is 0 Å². The van der Waals surface area contributed by atoms with Crippen LogP contribution in [0.5, 0.6) is 5.75 Å². The third-order valence-corrected chi connectivity index (χ3v) is 3.57. The fraction of sp³-hybridized carbons (Fsp3) is 0.429. The lowest BCUT2D eigenvalue weighted by Gasteiger charge is -2.11. The van der Waals surface area contributed by atoms with Crippen LogP contribution in [0, 0.1) is 0 Å². The van der Waals surface area contributed by atoms with E-state index in [1.165, 1.54) is 0 Å². The molecule has 0 bridgehead atoms. The summed E-state index contributed by atoms with van der Waals surface area (Å²) in [7, 11) is 1.57. The summed E-state index contributed by atoms with van der Waals surface area (Å²) >= 11 is 0. The summed E-state index contributed by atoms with van der Waals surface area (Å²) in [5.74, 6) is 0.346. The van der Waals surface area contributed by atoms with Crippen molar-refractivity contribution in [3.63, 3.8) is 0 Å². The van der Waals surface area contributed by atoms with E-state index in [0.717, 1.165) is 18.4 Å². The first kappa shape index (κ1) is 11.3. The second kappa shape index (κ2) is 4.12. The van der Waals surface area contributed by atoms with Gasteiger partial charge in [0.25, 0.3) is 0 Å². The molecular weight excluding hydrogens is 230 g/mol. The largest absolute Gasteiger partial charge is 0.497 e. The summed E-state index contributed by atoms with van der Waals surface area (Å²) in [5, 5.41) is 2.96. The normalized spacial score (nSPS) is 21.6. The van der Waals surface area contributed by atoms with Crippen LogP contribution in [-0.2, 0) is 4.79 Å². The van der Waals surface area contributed by atoms with Crippen LogP contribution in [-0.4, -0.2) is 24.8 Å². The van der Waals surface area contributed by atoms with Crippen LogP contribution < -0.4 is 10.1 Å². The van der Waals surface area contributed by atoms with E-state index >= 15 is 0 Å². The second-order valence-corrected chi connectivity index (χ2v) is 4.92. The molecule has 0 spiro atoms. The Bertz CT molecular complexity index is 520. The Morgan fingerprint density at radius 2 is 2.17 bits per heavy atom. The molecule has 94 valence electrons. The lowest BCUT2D eigenvalue weighted by molar-refractivity contribution is -0.122. The van der Waals surface area contributed by atoms with Gasteiger partial charge in [0.05, 0.1) is 13.0 Å². The van der Waals surface area contributed by atoms with Crippen molar-refractivity contribution < 1.29 is 14.3 Å². The highest BCUT2D eigenvalue weighted by atomic mass is 16.5. The first-order chi connectivity index (χ1) is 8.69. The first-order valence-corrected chi connectivity index (χ1v) is 6.20. The van der Waals surface area contributed by atoms with E-state index in [4.69, 9.17) is 4.74 Å². The van der Waals surface area contributed by atoms with Gasteiger partial charge in [-0.2, -0.15) is 0 Å². The highest BCUT2D eigenvalue weighted by Gasteiger charge is 2.36. The number of rotatable bonds is 3. The van der Waals surface area contributed by atoms with Crippen LogP contribution in [0.1, 0.15) is 41.1 Å². The van der Waals surface area contributed by atoms with Crippen LogP contribution in [0.25, 0.3) is 0 Å². The first-order valence-electron chi connectivity index (χ1n) is 6.20. The van der Waals surface area contributed by atoms with Crippen LogP contribution in [0.4, 0.5) is 0 Å². The average molecular weight is 245 g/mol. The van der Waals surface area contributed by atoms with E-state index < -0.39 is 0 Å². The summed E-state index contributed by atoms with van der Waals surface area (Å²) in [6.07, 6.45) is 2.39. The Kier molecular flexibility index (Phi) is 2.58. The van der Waals surface area contributed by atoms with Gasteiger partial charge >= 0.3 is 0 Å². The number of ketones is 1. The lowest BCUT2D eigenvalue weighted by atomic mass is 10.0. The molecule has 0 saturated heterocycles. The van der Waals surface area contributed by atoms with Crippen molar-refractivity contribution >= 4 is 11.7 Å². The third-order valence-electron chi connectivity index (χ3n) is 3.57. The molecule has 1 aromatic rings. The molecule has 0 radical (unpaired) electrons. The van der Waals surface area contributed by atoms with E-state index in [0.29, 0.717) is 17.4 Å². The van der Waals surface area contributed by atoms with Gasteiger partial charge in [-0.1, -0.05) is 6.07 Å². The molecule has 4 heteroatoms. The van der Waals surface area contributed by atoms with E-state index in [1.54, 1.807) is 19.2 Å². The van der Waals surface area contributed by atoms with E-state index in [2.05, 4.69) is 5.32 Å². The van der Waals surface area contributed by atoms with Crippen molar-refractivity contribution in [3.05, 3.63) is 29.3 Å². The Hall–Kier alpha value is -1.84. The van der Waals surface area contributed by atoms with Gasteiger partial charge in [-0.05, 0) is 30.5 Å². The third kappa shape index (κ3) is 1.88. The standard InChI is InChI=1S/C14H15NO3/c1-18-9-4-5-10-11(6-9)13(16)7-12(10)14(17)15-8-2-3-8/h4-6,8,12H,2-3,7H2,1H3,(H,15,17). The molecule has 2 aliphatic carbocycles. The molecule has 2 aliphatic rings. The van der Waals surface area contributed by atoms with Gasteiger partial charge in [0.2, 0.25) is 5.91 Å². The van der Waals surface area contributed by atoms with Gasteiger partial charge in [0.15, 0.2) is 5.78 Å². The second-order valence-electron chi connectivity index (χ2n) is 4.92. The van der Waals surface area contributed by atoms with Gasteiger partial charge in [-0.15, -0.1) is 0 Å². The summed E-state index contributed by atoms with van der Waals surface area (Å²) < 4.78 is 5.11. The van der Waals surface area contributed by atoms with Crippen LogP contribution >= 0.6 is 0 Å². The minimum Gasteiger partial charge on any atom is -0.497 e. The topological polar surface area (TPSA) is 55.4 Å². The molecule has 1 aromatic carbocycles. The molecule has 3 rings (SSSR count). The van der Waals surface area contributed by atoms with Gasteiger partial charge in [-0.25, -0.2) is 0 Å². The van der Waals surface area contributed by atoms with Gasteiger partial charge in [0.1, 0.15) is 5.75 Å². The zero-order valence-electron chi connectivity index (χ0n) is 10.2. The van der Waals surface area contributed by atoms with Crippen molar-refractivity contribution in [2.45, 2.75) is 31.2 Å². The number of carbonyl (C=O) groups is 2. The van der Waals surface area contributed by atoms with Crippen molar-refractivity contribution in [2.24, 2.45) is 0 Å². The van der Waals surface area contributed by atoms with Gasteiger partial charge in [-0.3, -0.25) is 9.59 Å². The minimum absolute atomic E-state index is 0.0187. The number of carbonyl (C=O) groups excluding carboxylic acids is 2. The molecule has 0 aliphatic heterocycles. The minimum atomic E-state index is -0.320. The molecule has 0 heterocycles. The van der Waals surface area contributed by atoms with E-state index in [-0.39, 0.29) is 24.0 Å². The number of amides is 1. The predicted octanol–water partition coefficient (Wildman–Crippen LogP) is 1.64. The Morgan fingerprint density at radius 3 is 2.83 bits per heavy atom. The van der Waals surface area contributed by atoms with Crippen molar-refractivity contribution in [3.8, 4) is 5.75 Å². The van der Waals surface area contributed by atoms with Gasteiger partial charge in [0, 0.05) is 18.0 Å². The van der Waals surface area contributed by atoms with E-state index in [9.17, 15) is 9.59 Å². The molecule has 1 N–H and O–H groups in total. The quantitative estimate of drug-likeness (QED) is 0.880. The van der Waals surface area contributed by atoms with Gasteiger partial charge < -0.3 is 10.1 Å². The number of ether oxygens (including phenoxy) is 1. The average Bonchev–Trinajstić information content (AvgIpc) is 3.12. The smallest absolute Gasteiger partial charge is 0.228 e. The molecule has 0 aromatic heterocycles. The molecular formula is C14H15NO3. The fourth-order valence-electron chi connectivity index (χ4n) is 2.38. The zero-order valence-corrected chi connectivity index (χ0v) is 10.2. The number of hydrogen-bond donors (Lipinski definition) is 1. The Balaban J connectivity index is 1.88. The Labute approximate surface area is 105 Å². The fourth-order valence-corrected chi connectivity index (χ4v) is 2.38. The summed E-state index contributed by atoms with van der Waals surface area (Å²) in [4.78, 5) is 24.0. The maximum atomic E-state index is 12.1. The maximum Gasteiger partial charge on any atom is 0.228 e. The van der Waals surface area contributed by atoms with Crippen LogP contribution in [0.2, 0.25) is 0 Å². The summed E-state index contributed by atoms with van der Waals surface area (Å²) in [6, 6.07) is 5.68. The number of nitrogens with one attached hydrogen (secondary N) is 1. The Morgan fingerprint density at radius 1 is 1.39 bits per heavy atom. The molecule has 1 unspecified atom stereocenters. The van der Waals surface area contributed by atoms with E-state index in [1.807, 2.05) is 6.07 Å².